The second-order valence-electron chi connectivity index (χ2n) is 0.448. The van der Waals surface area contributed by atoms with Crippen LogP contribution in [0.25, 0.3) is 0 Å². The standard InChI is InChI=1S/H2O4Se.Rb.H/c1-5(2,3)4;;/h(H2,1,2,3,4);;/q;+1;-1. The Hall–Kier alpha value is 1.84. The summed E-state index contributed by atoms with van der Waals surface area (Å²) >= 11 is -5.25. The van der Waals surface area contributed by atoms with Crippen LogP contribution in [0, 0.1) is 0 Å². The smallest absolute Gasteiger partial charge is 1.00 e. The maximum absolute atomic E-state index is 8.82. The molecule has 0 rings (SSSR count). The molecule has 0 spiro atoms. The van der Waals surface area contributed by atoms with Crippen LogP contribution < -0.4 is 58.2 Å². The van der Waals surface area contributed by atoms with E-state index in [0.717, 1.165) is 0 Å². The fourth-order valence-corrected chi connectivity index (χ4v) is 0. The number of hydrogen-bond donors (Lipinski definition) is 2. The maximum Gasteiger partial charge on any atom is 1.00 e. The van der Waals surface area contributed by atoms with Gasteiger partial charge in [-0.1, -0.05) is 0 Å². The Labute approximate surface area is 87.1 Å². The van der Waals surface area contributed by atoms with Gasteiger partial charge in [-0.2, -0.15) is 0 Å². The Morgan fingerprint density at radius 3 is 1.33 bits per heavy atom. The quantitative estimate of drug-likeness (QED) is 0.411. The Balaban J connectivity index is -0.0000000800. The number of rotatable bonds is 0. The summed E-state index contributed by atoms with van der Waals surface area (Å²) in [4.78, 5) is 0. The zero-order valence-corrected chi connectivity index (χ0v) is 9.75. The number of hydrogen-bond acceptors (Lipinski definition) is 2. The summed E-state index contributed by atoms with van der Waals surface area (Å²) in [5.41, 5.74) is 0. The molecule has 0 aliphatic carbocycles. The fourth-order valence-electron chi connectivity index (χ4n) is 0. The van der Waals surface area contributed by atoms with Gasteiger partial charge < -0.3 is 1.43 Å². The van der Waals surface area contributed by atoms with Gasteiger partial charge >= 0.3 is 87.6 Å². The monoisotopic (exact) mass is 232 g/mol. The topological polar surface area (TPSA) is 74.6 Å². The Bertz CT molecular complexity index is 94.9. The molecule has 0 saturated heterocycles. The zero-order chi connectivity index (χ0) is 4.50. The Morgan fingerprint density at radius 1 is 1.33 bits per heavy atom. The van der Waals surface area contributed by atoms with Crippen LogP contribution in [-0.4, -0.2) is 21.7 Å². The van der Waals surface area contributed by atoms with Crippen molar-refractivity contribution in [3.63, 3.8) is 0 Å². The van der Waals surface area contributed by atoms with Gasteiger partial charge in [0.25, 0.3) is 0 Å². The van der Waals surface area contributed by atoms with Crippen molar-refractivity contribution in [1.82, 2.24) is 0 Å². The Morgan fingerprint density at radius 2 is 1.33 bits per heavy atom. The van der Waals surface area contributed by atoms with Gasteiger partial charge in [0.05, 0.1) is 0 Å². The van der Waals surface area contributed by atoms with Crippen LogP contribution in [0.1, 0.15) is 1.43 Å². The van der Waals surface area contributed by atoms with Crippen molar-refractivity contribution in [2.24, 2.45) is 0 Å². The molecule has 0 fully saturated rings. The largest absolute Gasteiger partial charge is 1.00 e. The van der Waals surface area contributed by atoms with E-state index in [1.165, 1.54) is 0 Å². The minimum atomic E-state index is -5.25. The molecule has 0 saturated carbocycles. The summed E-state index contributed by atoms with van der Waals surface area (Å²) in [6.07, 6.45) is 0. The predicted octanol–water partition coefficient (Wildman–Crippen LogP) is -4.62. The Kier molecular flexibility index (Phi) is 6.81. The van der Waals surface area contributed by atoms with Crippen LogP contribution in [0.4, 0.5) is 0 Å². The predicted molar refractivity (Wildman–Crippen MR) is 12.7 cm³/mol. The molecule has 6 heavy (non-hydrogen) atoms. The van der Waals surface area contributed by atoms with Crippen molar-refractivity contribution in [3.05, 3.63) is 0 Å². The summed E-state index contributed by atoms with van der Waals surface area (Å²) in [5.74, 6) is 0. The van der Waals surface area contributed by atoms with Crippen molar-refractivity contribution in [3.8, 4) is 0 Å². The van der Waals surface area contributed by atoms with E-state index in [4.69, 9.17) is 16.0 Å². The SMILES string of the molecule is O=[Se](=O)(O)O.[H-].[Rb+]. The summed E-state index contributed by atoms with van der Waals surface area (Å²) in [7, 11) is 0. The average molecular weight is 231 g/mol. The first-order valence-electron chi connectivity index (χ1n) is 0.698. The second kappa shape index (κ2) is 3.80. The molecule has 34 valence electrons. The molecule has 0 atom stereocenters. The molecule has 0 amide bonds. The molecule has 0 aliphatic rings. The van der Waals surface area contributed by atoms with E-state index in [1.807, 2.05) is 0 Å². The third kappa shape index (κ3) is 40.3. The van der Waals surface area contributed by atoms with Gasteiger partial charge in [-0.3, -0.25) is 0 Å². The molecule has 4 nitrogen and oxygen atoms in total. The van der Waals surface area contributed by atoms with Gasteiger partial charge in [0.2, 0.25) is 0 Å². The van der Waals surface area contributed by atoms with E-state index in [-0.39, 0.29) is 59.6 Å². The third-order valence-electron chi connectivity index (χ3n) is 0. The maximum atomic E-state index is 8.82. The molecular weight excluding hydrogens is 228 g/mol. The molecule has 0 aromatic carbocycles. The van der Waals surface area contributed by atoms with Crippen LogP contribution >= 0.6 is 0 Å². The molecule has 0 aliphatic heterocycles. The summed E-state index contributed by atoms with van der Waals surface area (Å²) < 4.78 is 31.9. The zero-order valence-electron chi connectivity index (χ0n) is 4.12. The fraction of sp³-hybridized carbons (Fsp3) is 0. The van der Waals surface area contributed by atoms with E-state index < -0.39 is 13.4 Å². The molecule has 2 N–H and O–H groups in total. The van der Waals surface area contributed by atoms with Crippen LogP contribution in [0.5, 0.6) is 0 Å². The van der Waals surface area contributed by atoms with Crippen molar-refractivity contribution in [2.75, 3.05) is 0 Å². The average Bonchev–Trinajstić information content (AvgIpc) is 0.722. The molecule has 0 bridgehead atoms. The first-order valence-corrected chi connectivity index (χ1v) is 3.63. The first-order chi connectivity index (χ1) is 2.00. The van der Waals surface area contributed by atoms with Crippen molar-refractivity contribution < 1.29 is 75.7 Å². The van der Waals surface area contributed by atoms with Crippen LogP contribution in [0.3, 0.4) is 0 Å². The summed E-state index contributed by atoms with van der Waals surface area (Å²) in [5, 5.41) is 0. The molecule has 6 heteroatoms. The molecule has 0 aromatic rings. The van der Waals surface area contributed by atoms with E-state index in [9.17, 15) is 0 Å². The minimum absolute atomic E-state index is 0. The summed E-state index contributed by atoms with van der Waals surface area (Å²) in [6.45, 7) is 0. The van der Waals surface area contributed by atoms with Crippen LogP contribution in [0.2, 0.25) is 0 Å². The van der Waals surface area contributed by atoms with Gasteiger partial charge in [-0.15, -0.1) is 0 Å². The summed E-state index contributed by atoms with van der Waals surface area (Å²) in [6, 6.07) is 0. The van der Waals surface area contributed by atoms with E-state index in [2.05, 4.69) is 0 Å². The van der Waals surface area contributed by atoms with E-state index in [1.54, 1.807) is 0 Å². The van der Waals surface area contributed by atoms with Gasteiger partial charge in [-0.25, -0.2) is 0 Å². The normalized spacial score (nSPS) is 9.67. The van der Waals surface area contributed by atoms with E-state index >= 15 is 0 Å². The molecule has 0 radical (unpaired) electrons. The molecule has 0 aromatic heterocycles. The van der Waals surface area contributed by atoms with Gasteiger partial charge in [0, 0.05) is 0 Å². The third-order valence-corrected chi connectivity index (χ3v) is 0. The first kappa shape index (κ1) is 10.8. The van der Waals surface area contributed by atoms with Crippen LogP contribution in [0.15, 0.2) is 0 Å². The van der Waals surface area contributed by atoms with Gasteiger partial charge in [0.1, 0.15) is 0 Å². The van der Waals surface area contributed by atoms with Crippen molar-refractivity contribution in [2.45, 2.75) is 0 Å². The van der Waals surface area contributed by atoms with E-state index in [0.29, 0.717) is 0 Å². The van der Waals surface area contributed by atoms with Gasteiger partial charge in [-0.05, 0) is 0 Å². The van der Waals surface area contributed by atoms with Crippen molar-refractivity contribution in [1.29, 1.82) is 0 Å². The molecule has 0 heterocycles. The van der Waals surface area contributed by atoms with Crippen LogP contribution in [-0.2, 0) is 7.67 Å². The van der Waals surface area contributed by atoms with Crippen molar-refractivity contribution >= 4 is 13.4 Å². The second-order valence-corrected chi connectivity index (χ2v) is 2.33. The minimum Gasteiger partial charge on any atom is -1.00 e. The molecule has 0 unspecified atom stereocenters. The van der Waals surface area contributed by atoms with Gasteiger partial charge in [0.15, 0.2) is 0 Å². The molecular formula is H3O4RbSe.